The number of carbonyl (C=O) groups excluding carboxylic acids is 1. The fourth-order valence-corrected chi connectivity index (χ4v) is 1.11. The second-order valence-electron chi connectivity index (χ2n) is 2.87. The minimum Gasteiger partial charge on any atom is -0.381 e. The summed E-state index contributed by atoms with van der Waals surface area (Å²) in [5, 5.41) is 9.43. The normalized spacial score (nSPS) is 12.6. The molecule has 2 heteroatoms. The van der Waals surface area contributed by atoms with Crippen molar-refractivity contribution in [2.45, 2.75) is 20.0 Å². The number of hydrogen-bond acceptors (Lipinski definition) is 2. The minimum absolute atomic E-state index is 0.218. The van der Waals surface area contributed by atoms with Gasteiger partial charge in [0.2, 0.25) is 0 Å². The molecule has 0 unspecified atom stereocenters. The zero-order chi connectivity index (χ0) is 9.14. The Hall–Kier alpha value is -1.15. The van der Waals surface area contributed by atoms with Crippen LogP contribution in [-0.4, -0.2) is 10.9 Å². The van der Waals surface area contributed by atoms with Crippen molar-refractivity contribution in [1.82, 2.24) is 0 Å². The summed E-state index contributed by atoms with van der Waals surface area (Å²) < 4.78 is 0. The number of aliphatic hydroxyl groups excluding tert-OH is 1. The third-order valence-corrected chi connectivity index (χ3v) is 1.87. The average Bonchev–Trinajstić information content (AvgIpc) is 2.04. The van der Waals surface area contributed by atoms with E-state index in [1.165, 1.54) is 6.92 Å². The van der Waals surface area contributed by atoms with Crippen molar-refractivity contribution in [2.24, 2.45) is 0 Å². The van der Waals surface area contributed by atoms with Crippen molar-refractivity contribution in [2.75, 3.05) is 0 Å². The van der Waals surface area contributed by atoms with Crippen LogP contribution in [-0.2, 0) is 4.79 Å². The summed E-state index contributed by atoms with van der Waals surface area (Å²) in [5.41, 5.74) is 1.64. The van der Waals surface area contributed by atoms with Crippen molar-refractivity contribution in [3.05, 3.63) is 35.4 Å². The highest BCUT2D eigenvalue weighted by atomic mass is 16.3. The molecule has 0 saturated carbocycles. The van der Waals surface area contributed by atoms with E-state index in [0.717, 1.165) is 5.56 Å². The fourth-order valence-electron chi connectivity index (χ4n) is 1.11. The van der Waals surface area contributed by atoms with Gasteiger partial charge >= 0.3 is 0 Å². The van der Waals surface area contributed by atoms with E-state index in [-0.39, 0.29) is 5.78 Å². The topological polar surface area (TPSA) is 37.3 Å². The monoisotopic (exact) mass is 164 g/mol. The van der Waals surface area contributed by atoms with Crippen molar-refractivity contribution in [3.8, 4) is 0 Å². The second-order valence-corrected chi connectivity index (χ2v) is 2.87. The molecule has 0 aromatic heterocycles. The van der Waals surface area contributed by atoms with Crippen LogP contribution in [0.15, 0.2) is 24.3 Å². The molecule has 1 aromatic rings. The molecule has 0 spiro atoms. The predicted octanol–water partition coefficient (Wildman–Crippen LogP) is 1.62. The van der Waals surface area contributed by atoms with Gasteiger partial charge in [0.1, 0.15) is 6.10 Å². The lowest BCUT2D eigenvalue weighted by molar-refractivity contribution is -0.125. The minimum atomic E-state index is -0.966. The Balaban J connectivity index is 3.02. The van der Waals surface area contributed by atoms with E-state index in [1.807, 2.05) is 25.1 Å². The number of ketones is 1. The Morgan fingerprint density at radius 3 is 2.50 bits per heavy atom. The van der Waals surface area contributed by atoms with Gasteiger partial charge in [-0.1, -0.05) is 24.3 Å². The summed E-state index contributed by atoms with van der Waals surface area (Å²) in [4.78, 5) is 10.8. The smallest absolute Gasteiger partial charge is 0.162 e. The van der Waals surface area contributed by atoms with Crippen LogP contribution >= 0.6 is 0 Å². The van der Waals surface area contributed by atoms with E-state index >= 15 is 0 Å². The van der Waals surface area contributed by atoms with E-state index in [1.54, 1.807) is 6.07 Å². The first-order chi connectivity index (χ1) is 5.63. The van der Waals surface area contributed by atoms with Gasteiger partial charge in [0.05, 0.1) is 0 Å². The molecular weight excluding hydrogens is 152 g/mol. The lowest BCUT2D eigenvalue weighted by Gasteiger charge is -2.09. The third-order valence-electron chi connectivity index (χ3n) is 1.87. The number of hydrogen-bond donors (Lipinski definition) is 1. The molecular formula is C10H12O2. The average molecular weight is 164 g/mol. The van der Waals surface area contributed by atoms with Crippen LogP contribution in [0.4, 0.5) is 0 Å². The van der Waals surface area contributed by atoms with Crippen LogP contribution in [0.3, 0.4) is 0 Å². The molecule has 1 atom stereocenters. The van der Waals surface area contributed by atoms with Gasteiger partial charge in [0, 0.05) is 0 Å². The van der Waals surface area contributed by atoms with Crippen molar-refractivity contribution in [1.29, 1.82) is 0 Å². The molecule has 0 amide bonds. The maximum atomic E-state index is 10.8. The summed E-state index contributed by atoms with van der Waals surface area (Å²) in [6, 6.07) is 7.34. The highest BCUT2D eigenvalue weighted by Crippen LogP contribution is 2.17. The van der Waals surface area contributed by atoms with Crippen LogP contribution in [0.5, 0.6) is 0 Å². The summed E-state index contributed by atoms with van der Waals surface area (Å²) in [7, 11) is 0. The number of aliphatic hydroxyl groups is 1. The highest BCUT2D eigenvalue weighted by Gasteiger charge is 2.13. The first kappa shape index (κ1) is 8.94. The Kier molecular flexibility index (Phi) is 2.61. The van der Waals surface area contributed by atoms with Crippen LogP contribution in [0.2, 0.25) is 0 Å². The molecule has 12 heavy (non-hydrogen) atoms. The third kappa shape index (κ3) is 1.71. The summed E-state index contributed by atoms with van der Waals surface area (Å²) in [6.07, 6.45) is -0.966. The Morgan fingerprint density at radius 1 is 1.42 bits per heavy atom. The Labute approximate surface area is 71.8 Å². The molecule has 0 aliphatic carbocycles. The van der Waals surface area contributed by atoms with Crippen LogP contribution in [0.1, 0.15) is 24.2 Å². The molecule has 0 heterocycles. The lowest BCUT2D eigenvalue weighted by atomic mass is 10.0. The molecule has 0 fully saturated rings. The molecule has 1 aromatic carbocycles. The molecule has 1 N–H and O–H groups in total. The first-order valence-electron chi connectivity index (χ1n) is 3.87. The zero-order valence-electron chi connectivity index (χ0n) is 7.24. The molecule has 0 saturated heterocycles. The quantitative estimate of drug-likeness (QED) is 0.721. The summed E-state index contributed by atoms with van der Waals surface area (Å²) >= 11 is 0. The zero-order valence-corrected chi connectivity index (χ0v) is 7.24. The van der Waals surface area contributed by atoms with E-state index in [4.69, 9.17) is 0 Å². The molecule has 0 aliphatic heterocycles. The van der Waals surface area contributed by atoms with E-state index in [9.17, 15) is 9.90 Å². The van der Waals surface area contributed by atoms with Crippen LogP contribution < -0.4 is 0 Å². The van der Waals surface area contributed by atoms with Gasteiger partial charge in [-0.15, -0.1) is 0 Å². The van der Waals surface area contributed by atoms with Crippen LogP contribution in [0.25, 0.3) is 0 Å². The molecule has 64 valence electrons. The highest BCUT2D eigenvalue weighted by molar-refractivity contribution is 5.81. The SMILES string of the molecule is CC(=O)[C@H](O)c1ccccc1C. The molecule has 2 nitrogen and oxygen atoms in total. The Morgan fingerprint density at radius 2 is 2.00 bits per heavy atom. The maximum Gasteiger partial charge on any atom is 0.162 e. The van der Waals surface area contributed by atoms with E-state index in [0.29, 0.717) is 5.56 Å². The summed E-state index contributed by atoms with van der Waals surface area (Å²) in [5.74, 6) is -0.218. The molecule has 0 radical (unpaired) electrons. The first-order valence-corrected chi connectivity index (χ1v) is 3.87. The van der Waals surface area contributed by atoms with Gasteiger partial charge in [-0.25, -0.2) is 0 Å². The van der Waals surface area contributed by atoms with Crippen molar-refractivity contribution >= 4 is 5.78 Å². The molecule has 0 aliphatic rings. The number of carbonyl (C=O) groups is 1. The standard InChI is InChI=1S/C10H12O2/c1-7-5-3-4-6-9(7)10(12)8(2)11/h3-6,10,12H,1-2H3/t10-/m0/s1. The van der Waals surface area contributed by atoms with Crippen molar-refractivity contribution in [3.63, 3.8) is 0 Å². The van der Waals surface area contributed by atoms with E-state index < -0.39 is 6.10 Å². The van der Waals surface area contributed by atoms with Crippen LogP contribution in [0, 0.1) is 6.92 Å². The lowest BCUT2D eigenvalue weighted by Crippen LogP contribution is -2.08. The number of aryl methyl sites for hydroxylation is 1. The number of Topliss-reactive ketones (excluding diaryl/α,β-unsaturated/α-hetero) is 1. The Bertz CT molecular complexity index is 292. The number of rotatable bonds is 2. The van der Waals surface area contributed by atoms with Gasteiger partial charge < -0.3 is 5.11 Å². The van der Waals surface area contributed by atoms with Crippen molar-refractivity contribution < 1.29 is 9.90 Å². The van der Waals surface area contributed by atoms with Gasteiger partial charge in [0.15, 0.2) is 5.78 Å². The predicted molar refractivity (Wildman–Crippen MR) is 46.8 cm³/mol. The van der Waals surface area contributed by atoms with Gasteiger partial charge in [-0.2, -0.15) is 0 Å². The second kappa shape index (κ2) is 3.50. The van der Waals surface area contributed by atoms with E-state index in [2.05, 4.69) is 0 Å². The number of benzene rings is 1. The maximum absolute atomic E-state index is 10.8. The van der Waals surface area contributed by atoms with Gasteiger partial charge in [-0.05, 0) is 25.0 Å². The fraction of sp³-hybridized carbons (Fsp3) is 0.300. The largest absolute Gasteiger partial charge is 0.381 e. The van der Waals surface area contributed by atoms with Gasteiger partial charge in [-0.3, -0.25) is 4.79 Å². The van der Waals surface area contributed by atoms with Gasteiger partial charge in [0.25, 0.3) is 0 Å². The molecule has 1 rings (SSSR count). The summed E-state index contributed by atoms with van der Waals surface area (Å²) in [6.45, 7) is 3.26. The molecule has 0 bridgehead atoms.